The Labute approximate surface area is 371 Å². The number of likely N-dealkylation sites (N-methyl/N-ethyl adjacent to an activating group) is 1. The zero-order valence-corrected chi connectivity index (χ0v) is 36.9. The van der Waals surface area contributed by atoms with E-state index < -0.39 is 16.9 Å². The van der Waals surface area contributed by atoms with E-state index in [-0.39, 0.29) is 48.0 Å². The number of hydrogen-bond acceptors (Lipinski definition) is 9. The van der Waals surface area contributed by atoms with Gasteiger partial charge in [0, 0.05) is 65.8 Å². The number of aryl methyl sites for hydroxylation is 1. The van der Waals surface area contributed by atoms with Gasteiger partial charge >= 0.3 is 0 Å². The van der Waals surface area contributed by atoms with E-state index >= 15 is 0 Å². The monoisotopic (exact) mass is 863 g/mol. The summed E-state index contributed by atoms with van der Waals surface area (Å²) in [7, 11) is 3.95. The SMILES string of the molecule is Cc1ccc(N(CCCN2CCC(Cc3ccc(C(N)=O)cc3)CC2)C(=O)C2CCN(C(=O)C[B]N[C@H]3CC[C@@]4(O)C5Cc6ccc(O)c7c6[C@@]4(CCN5C)[C@H]3O7)CC2)cc1Cl. The number of piperidine rings is 3. The van der Waals surface area contributed by atoms with Gasteiger partial charge in [0.2, 0.25) is 25.1 Å². The second-order valence-electron chi connectivity index (χ2n) is 19.0. The van der Waals surface area contributed by atoms with Gasteiger partial charge < -0.3 is 45.5 Å². The van der Waals surface area contributed by atoms with Crippen LogP contribution in [0.25, 0.3) is 0 Å². The Balaban J connectivity index is 0.763. The van der Waals surface area contributed by atoms with E-state index in [4.69, 9.17) is 22.1 Å². The molecule has 3 aromatic rings. The molecule has 9 rings (SSSR count). The molecule has 14 heteroatoms. The number of phenols is 1. The third-order valence-electron chi connectivity index (χ3n) is 15.6. The highest BCUT2D eigenvalue weighted by Gasteiger charge is 2.72. The Kier molecular flexibility index (Phi) is 12.1. The third kappa shape index (κ3) is 7.80. The number of amides is 3. The molecule has 12 nitrogen and oxygen atoms in total. The van der Waals surface area contributed by atoms with Crippen molar-refractivity contribution in [1.29, 1.82) is 0 Å². The molecule has 62 heavy (non-hydrogen) atoms. The predicted octanol–water partition coefficient (Wildman–Crippen LogP) is 4.85. The number of likely N-dealkylation sites (tertiary alicyclic amines) is 3. The summed E-state index contributed by atoms with van der Waals surface area (Å²) >= 11 is 6.60. The van der Waals surface area contributed by atoms with Gasteiger partial charge in [-0.1, -0.05) is 35.9 Å². The highest BCUT2D eigenvalue weighted by Crippen LogP contribution is 2.65. The number of aromatic hydroxyl groups is 1. The Bertz CT molecular complexity index is 2180. The van der Waals surface area contributed by atoms with Crippen molar-refractivity contribution >= 4 is 42.4 Å². The average molecular weight is 864 g/mol. The molecule has 3 aromatic carbocycles. The number of carbonyl (C=O) groups is 3. The van der Waals surface area contributed by atoms with E-state index in [1.807, 2.05) is 72.7 Å². The van der Waals surface area contributed by atoms with Gasteiger partial charge in [0.05, 0.1) is 11.0 Å². The molecule has 6 aliphatic rings. The van der Waals surface area contributed by atoms with Crippen LogP contribution in [0.2, 0.25) is 11.3 Å². The minimum absolute atomic E-state index is 0.0173. The first-order valence-electron chi connectivity index (χ1n) is 22.8. The maximum Gasteiger partial charge on any atom is 0.248 e. The largest absolute Gasteiger partial charge is 0.504 e. The summed E-state index contributed by atoms with van der Waals surface area (Å²) in [6.07, 6.45) is 7.88. The summed E-state index contributed by atoms with van der Waals surface area (Å²) < 4.78 is 6.62. The van der Waals surface area contributed by atoms with Crippen LogP contribution in [0.4, 0.5) is 5.69 Å². The number of anilines is 1. The summed E-state index contributed by atoms with van der Waals surface area (Å²) in [6.45, 7) is 7.39. The Morgan fingerprint density at radius 3 is 2.47 bits per heavy atom. The number of primary amides is 1. The maximum atomic E-state index is 14.3. The van der Waals surface area contributed by atoms with Gasteiger partial charge in [-0.25, -0.2) is 0 Å². The number of nitrogens with two attached hydrogens (primary N) is 1. The number of hydrogen-bond donors (Lipinski definition) is 4. The van der Waals surface area contributed by atoms with Crippen LogP contribution in [-0.4, -0.2) is 127 Å². The quantitative estimate of drug-likeness (QED) is 0.177. The van der Waals surface area contributed by atoms with Gasteiger partial charge in [-0.3, -0.25) is 14.4 Å². The van der Waals surface area contributed by atoms with E-state index in [0.29, 0.717) is 67.6 Å². The summed E-state index contributed by atoms with van der Waals surface area (Å²) in [4.78, 5) is 48.0. The van der Waals surface area contributed by atoms with Crippen molar-refractivity contribution in [1.82, 2.24) is 19.9 Å². The van der Waals surface area contributed by atoms with E-state index in [9.17, 15) is 24.6 Å². The smallest absolute Gasteiger partial charge is 0.248 e. The summed E-state index contributed by atoms with van der Waals surface area (Å²) in [5.41, 5.74) is 9.51. The predicted molar refractivity (Wildman–Crippen MR) is 241 cm³/mol. The lowest BCUT2D eigenvalue weighted by molar-refractivity contribution is -0.185. The van der Waals surface area contributed by atoms with Crippen molar-refractivity contribution in [2.45, 2.75) is 107 Å². The summed E-state index contributed by atoms with van der Waals surface area (Å²) in [5, 5.41) is 27.6. The maximum absolute atomic E-state index is 14.3. The number of aliphatic hydroxyl groups is 1. The fourth-order valence-corrected chi connectivity index (χ4v) is 12.2. The molecule has 3 saturated heterocycles. The first kappa shape index (κ1) is 43.1. The first-order chi connectivity index (χ1) is 29.9. The van der Waals surface area contributed by atoms with E-state index in [0.717, 1.165) is 87.1 Å². The van der Waals surface area contributed by atoms with Crippen LogP contribution in [0, 0.1) is 18.8 Å². The van der Waals surface area contributed by atoms with Gasteiger partial charge in [-0.2, -0.15) is 0 Å². The van der Waals surface area contributed by atoms with Gasteiger partial charge in [-0.15, -0.1) is 0 Å². The van der Waals surface area contributed by atoms with Crippen molar-refractivity contribution in [3.63, 3.8) is 0 Å². The van der Waals surface area contributed by atoms with Crippen molar-refractivity contribution in [2.24, 2.45) is 17.6 Å². The molecule has 4 fully saturated rings. The molecule has 1 spiro atoms. The average Bonchev–Trinajstić information content (AvgIpc) is 3.63. The number of phenolic OH excluding ortho intramolecular Hbond substituents is 1. The van der Waals surface area contributed by atoms with Crippen LogP contribution in [0.3, 0.4) is 0 Å². The van der Waals surface area contributed by atoms with Crippen molar-refractivity contribution < 1.29 is 29.3 Å². The second kappa shape index (κ2) is 17.4. The Morgan fingerprint density at radius 2 is 1.74 bits per heavy atom. The highest BCUT2D eigenvalue weighted by atomic mass is 35.5. The number of nitrogens with zero attached hydrogens (tertiary/aromatic N) is 4. The molecule has 2 aliphatic carbocycles. The van der Waals surface area contributed by atoms with Crippen LogP contribution in [0.1, 0.15) is 84.0 Å². The molecular weight excluding hydrogens is 803 g/mol. The van der Waals surface area contributed by atoms with Gasteiger partial charge in [0.25, 0.3) is 0 Å². The van der Waals surface area contributed by atoms with Crippen molar-refractivity contribution in [2.75, 3.05) is 57.8 Å². The molecule has 1 unspecified atom stereocenters. The normalized spacial score (nSPS) is 27.4. The molecule has 1 saturated carbocycles. The number of ether oxygens (including phenoxy) is 1. The lowest BCUT2D eigenvalue weighted by Gasteiger charge is -2.63. The van der Waals surface area contributed by atoms with Crippen LogP contribution in [0.15, 0.2) is 54.6 Å². The minimum Gasteiger partial charge on any atom is -0.504 e. The summed E-state index contributed by atoms with van der Waals surface area (Å²) in [6, 6.07) is 17.1. The van der Waals surface area contributed by atoms with Crippen molar-refractivity contribution in [3.8, 4) is 11.5 Å². The molecular formula is C48H61BClN6O6. The second-order valence-corrected chi connectivity index (χ2v) is 19.4. The number of halogens is 1. The fraction of sp³-hybridized carbons (Fsp3) is 0.562. The number of nitrogens with one attached hydrogen (secondary N) is 1. The first-order valence-corrected chi connectivity index (χ1v) is 23.2. The Morgan fingerprint density at radius 1 is 0.984 bits per heavy atom. The Hall–Kier alpha value is -4.14. The molecule has 2 bridgehead atoms. The molecule has 5 atom stereocenters. The number of rotatable bonds is 13. The molecule has 5 N–H and O–H groups in total. The molecule has 329 valence electrons. The number of benzene rings is 3. The van der Waals surface area contributed by atoms with Crippen LogP contribution in [-0.2, 0) is 27.8 Å². The van der Waals surface area contributed by atoms with Crippen LogP contribution >= 0.6 is 11.6 Å². The van der Waals surface area contributed by atoms with Gasteiger partial charge in [-0.05, 0) is 157 Å². The third-order valence-corrected chi connectivity index (χ3v) is 16.0. The lowest BCUT2D eigenvalue weighted by atomic mass is 9.48. The lowest BCUT2D eigenvalue weighted by Crippen LogP contribution is -2.77. The van der Waals surface area contributed by atoms with Gasteiger partial charge in [0.15, 0.2) is 11.5 Å². The molecule has 4 heterocycles. The topological polar surface area (TPSA) is 152 Å². The minimum atomic E-state index is -0.961. The van der Waals surface area contributed by atoms with E-state index in [2.05, 4.69) is 22.1 Å². The van der Waals surface area contributed by atoms with Crippen LogP contribution in [0.5, 0.6) is 11.5 Å². The van der Waals surface area contributed by atoms with Crippen molar-refractivity contribution in [3.05, 3.63) is 87.4 Å². The standard InChI is InChI=1S/C48H61BClN6O6/c1-30-4-10-36(28-37(30)50)56(20-3-19-54-21-13-32(14-22-54)26-31-5-7-33(8-6-31)45(51)59)46(60)34-15-23-55(24-16-34)41(58)29-49-52-38-12-17-48(61)40-27-35-9-11-39(57)43-42(35)47(48,44(38)62-43)18-25-53(40)2/h4-11,28,32,34,38,40,44,52,57,61H,3,12-27,29H2,1-2H3,(H2,51,59)/t38-,40?,44-,47-,48+/m0/s1. The van der Waals surface area contributed by atoms with E-state index in [1.165, 1.54) is 5.56 Å². The molecule has 4 aliphatic heterocycles. The molecule has 0 aromatic heterocycles. The van der Waals surface area contributed by atoms with Crippen LogP contribution < -0.4 is 20.6 Å². The van der Waals surface area contributed by atoms with Gasteiger partial charge in [0.1, 0.15) is 6.10 Å². The zero-order chi connectivity index (χ0) is 43.3. The highest BCUT2D eigenvalue weighted by molar-refractivity contribution is 6.38. The van der Waals surface area contributed by atoms with E-state index in [1.54, 1.807) is 6.07 Å². The molecule has 1 radical (unpaired) electrons. The number of carbonyl (C=O) groups excluding carboxylic acids is 3. The summed E-state index contributed by atoms with van der Waals surface area (Å²) in [5.74, 6) is 0.751. The zero-order valence-electron chi connectivity index (χ0n) is 36.2. The molecule has 3 amide bonds. The fourth-order valence-electron chi connectivity index (χ4n) is 12.1.